The Labute approximate surface area is 156 Å². The number of carbonyl (C=O) groups excluding carboxylic acids is 2. The standard InChI is InChI=1S/C18H22N4O5/c1-4-22-13-9-11(3)10(2)8-12(13)21(7-5-6-14(23)24)15-18(22,27)16(25)20-17(26)19-15/h8-9,27H,4-7H2,1-3H3,(H,23,24)(H,20,25,26). The van der Waals surface area contributed by atoms with E-state index in [0.29, 0.717) is 17.9 Å². The maximum atomic E-state index is 12.6. The van der Waals surface area contributed by atoms with Crippen LogP contribution in [0.3, 0.4) is 0 Å². The number of hydrogen-bond donors (Lipinski definition) is 3. The number of carbonyl (C=O) groups is 3. The minimum absolute atomic E-state index is 0.0833. The smallest absolute Gasteiger partial charge is 0.349 e. The number of carboxylic acid groups (broad SMARTS) is 1. The summed E-state index contributed by atoms with van der Waals surface area (Å²) in [5, 5.41) is 22.3. The number of aryl methyl sites for hydroxylation is 2. The minimum atomic E-state index is -2.14. The van der Waals surface area contributed by atoms with Crippen LogP contribution in [0.25, 0.3) is 0 Å². The first kappa shape index (κ1) is 18.8. The van der Waals surface area contributed by atoms with E-state index >= 15 is 0 Å². The van der Waals surface area contributed by atoms with Crippen LogP contribution in [0.4, 0.5) is 16.2 Å². The number of hydrogen-bond acceptors (Lipinski definition) is 6. The number of urea groups is 1. The molecule has 0 spiro atoms. The zero-order valence-corrected chi connectivity index (χ0v) is 15.4. The second-order valence-corrected chi connectivity index (χ2v) is 6.69. The van der Waals surface area contributed by atoms with Gasteiger partial charge in [0, 0.05) is 19.5 Å². The third-order valence-electron chi connectivity index (χ3n) is 4.96. The second kappa shape index (κ2) is 6.66. The first-order valence-electron chi connectivity index (χ1n) is 8.75. The van der Waals surface area contributed by atoms with Gasteiger partial charge >= 0.3 is 12.0 Å². The molecule has 3 N–H and O–H groups in total. The molecule has 2 aliphatic heterocycles. The number of aliphatic imine (C=N–C) groups is 1. The third-order valence-corrected chi connectivity index (χ3v) is 4.96. The molecule has 1 aromatic carbocycles. The van der Waals surface area contributed by atoms with E-state index in [2.05, 4.69) is 10.3 Å². The monoisotopic (exact) mass is 374 g/mol. The quantitative estimate of drug-likeness (QED) is 0.706. The molecule has 27 heavy (non-hydrogen) atoms. The Kier molecular flexibility index (Phi) is 4.64. The number of nitrogens with zero attached hydrogens (tertiary/aromatic N) is 3. The molecule has 1 aromatic rings. The fourth-order valence-electron chi connectivity index (χ4n) is 3.50. The molecule has 3 amide bonds. The molecule has 9 nitrogen and oxygen atoms in total. The fourth-order valence-corrected chi connectivity index (χ4v) is 3.50. The lowest BCUT2D eigenvalue weighted by molar-refractivity contribution is -0.137. The topological polar surface area (TPSA) is 123 Å². The van der Waals surface area contributed by atoms with Crippen molar-refractivity contribution in [2.45, 2.75) is 39.3 Å². The minimum Gasteiger partial charge on any atom is -0.481 e. The number of benzene rings is 1. The van der Waals surface area contributed by atoms with Gasteiger partial charge in [-0.05, 0) is 50.5 Å². The molecule has 0 bridgehead atoms. The Bertz CT molecular complexity index is 866. The molecule has 0 aliphatic carbocycles. The van der Waals surface area contributed by atoms with Crippen LogP contribution in [0.1, 0.15) is 30.9 Å². The highest BCUT2D eigenvalue weighted by Gasteiger charge is 2.56. The molecule has 0 radical (unpaired) electrons. The molecule has 2 aliphatic rings. The average molecular weight is 374 g/mol. The number of aliphatic hydroxyl groups is 1. The molecule has 0 saturated carbocycles. The number of carboxylic acids is 1. The summed E-state index contributed by atoms with van der Waals surface area (Å²) in [5.74, 6) is -1.91. The number of anilines is 2. The molecule has 1 atom stereocenters. The largest absolute Gasteiger partial charge is 0.481 e. The number of rotatable bonds is 5. The van der Waals surface area contributed by atoms with Gasteiger partial charge in [-0.3, -0.25) is 14.9 Å². The maximum Gasteiger partial charge on any atom is 0.349 e. The molecule has 3 rings (SSSR count). The summed E-state index contributed by atoms with van der Waals surface area (Å²) in [6, 6.07) is 2.91. The molecule has 0 saturated heterocycles. The Balaban J connectivity index is 2.20. The van der Waals surface area contributed by atoms with Crippen LogP contribution < -0.4 is 15.1 Å². The second-order valence-electron chi connectivity index (χ2n) is 6.69. The number of amides is 3. The highest BCUT2D eigenvalue weighted by molar-refractivity contribution is 6.29. The fraction of sp³-hybridized carbons (Fsp3) is 0.444. The van der Waals surface area contributed by atoms with E-state index in [1.165, 1.54) is 4.90 Å². The number of likely N-dealkylation sites (N-methyl/N-ethyl adjacent to an activating group) is 1. The lowest BCUT2D eigenvalue weighted by Crippen LogP contribution is -2.73. The lowest BCUT2D eigenvalue weighted by atomic mass is 9.96. The molecule has 0 fully saturated rings. The van der Waals surface area contributed by atoms with Crippen molar-refractivity contribution in [3.63, 3.8) is 0 Å². The SMILES string of the molecule is CCN1c2cc(C)c(C)cc2N(CCCC(=O)O)C2=NC(=O)NC(=O)C21O. The lowest BCUT2D eigenvalue weighted by Gasteiger charge is -2.49. The Hall–Kier alpha value is -2.94. The van der Waals surface area contributed by atoms with Gasteiger partial charge in [0.25, 0.3) is 11.6 Å². The van der Waals surface area contributed by atoms with E-state index in [9.17, 15) is 19.5 Å². The van der Waals surface area contributed by atoms with Gasteiger partial charge in [0.05, 0.1) is 11.4 Å². The van der Waals surface area contributed by atoms with Gasteiger partial charge in [-0.2, -0.15) is 4.99 Å². The molecule has 144 valence electrons. The van der Waals surface area contributed by atoms with E-state index < -0.39 is 23.6 Å². The van der Waals surface area contributed by atoms with E-state index in [-0.39, 0.29) is 25.2 Å². The molecular weight excluding hydrogens is 352 g/mol. The van der Waals surface area contributed by atoms with Crippen molar-refractivity contribution in [3.05, 3.63) is 23.3 Å². The van der Waals surface area contributed by atoms with Gasteiger partial charge in [-0.15, -0.1) is 0 Å². The van der Waals surface area contributed by atoms with Crippen molar-refractivity contribution in [2.24, 2.45) is 4.99 Å². The average Bonchev–Trinajstić information content (AvgIpc) is 2.58. The van der Waals surface area contributed by atoms with Crippen LogP contribution >= 0.6 is 0 Å². The number of imide groups is 1. The van der Waals surface area contributed by atoms with Crippen LogP contribution in [0.15, 0.2) is 17.1 Å². The summed E-state index contributed by atoms with van der Waals surface area (Å²) >= 11 is 0. The van der Waals surface area contributed by atoms with Gasteiger partial charge < -0.3 is 20.0 Å². The predicted molar refractivity (Wildman–Crippen MR) is 99.1 cm³/mol. The summed E-state index contributed by atoms with van der Waals surface area (Å²) in [7, 11) is 0. The van der Waals surface area contributed by atoms with Crippen molar-refractivity contribution < 1.29 is 24.6 Å². The molecular formula is C18H22N4O5. The third kappa shape index (κ3) is 2.93. The number of nitrogens with one attached hydrogen (secondary N) is 1. The van der Waals surface area contributed by atoms with E-state index in [0.717, 1.165) is 11.1 Å². The summed E-state index contributed by atoms with van der Waals surface area (Å²) in [6.07, 6.45) is 0.179. The molecule has 2 heterocycles. The maximum absolute atomic E-state index is 12.6. The van der Waals surface area contributed by atoms with Crippen molar-refractivity contribution in [1.82, 2.24) is 5.32 Å². The summed E-state index contributed by atoms with van der Waals surface area (Å²) < 4.78 is 0. The zero-order valence-electron chi connectivity index (χ0n) is 15.4. The van der Waals surface area contributed by atoms with Crippen LogP contribution in [-0.4, -0.2) is 52.8 Å². The number of fused-ring (bicyclic) bond motifs is 2. The van der Waals surface area contributed by atoms with E-state index in [1.807, 2.05) is 26.0 Å². The number of aliphatic carboxylic acids is 1. The summed E-state index contributed by atoms with van der Waals surface area (Å²) in [6.45, 7) is 6.15. The van der Waals surface area contributed by atoms with Crippen LogP contribution in [0, 0.1) is 13.8 Å². The highest BCUT2D eigenvalue weighted by Crippen LogP contribution is 2.42. The van der Waals surface area contributed by atoms with E-state index in [4.69, 9.17) is 5.11 Å². The normalized spacial score (nSPS) is 21.4. The van der Waals surface area contributed by atoms with Gasteiger partial charge in [-0.1, -0.05) is 0 Å². The van der Waals surface area contributed by atoms with E-state index in [1.54, 1.807) is 11.8 Å². The van der Waals surface area contributed by atoms with Gasteiger partial charge in [0.15, 0.2) is 5.84 Å². The van der Waals surface area contributed by atoms with Crippen LogP contribution in [0.2, 0.25) is 0 Å². The van der Waals surface area contributed by atoms with Crippen LogP contribution in [-0.2, 0) is 9.59 Å². The summed E-state index contributed by atoms with van der Waals surface area (Å²) in [4.78, 5) is 42.3. The predicted octanol–water partition coefficient (Wildman–Crippen LogP) is 1.15. The van der Waals surface area contributed by atoms with Crippen LogP contribution in [0.5, 0.6) is 0 Å². The Morgan fingerprint density at radius 2 is 1.85 bits per heavy atom. The zero-order chi connectivity index (χ0) is 19.9. The van der Waals surface area contributed by atoms with Gasteiger partial charge in [-0.25, -0.2) is 4.79 Å². The van der Waals surface area contributed by atoms with Crippen molar-refractivity contribution >= 4 is 35.1 Å². The van der Waals surface area contributed by atoms with Crippen molar-refractivity contribution in [3.8, 4) is 0 Å². The highest BCUT2D eigenvalue weighted by atomic mass is 16.4. The molecule has 0 aromatic heterocycles. The van der Waals surface area contributed by atoms with Crippen molar-refractivity contribution in [2.75, 3.05) is 22.9 Å². The molecule has 9 heteroatoms. The molecule has 1 unspecified atom stereocenters. The first-order chi connectivity index (χ1) is 12.7. The van der Waals surface area contributed by atoms with Gasteiger partial charge in [0.1, 0.15) is 0 Å². The number of amidine groups is 1. The Morgan fingerprint density at radius 3 is 2.44 bits per heavy atom. The van der Waals surface area contributed by atoms with Crippen molar-refractivity contribution in [1.29, 1.82) is 0 Å². The summed E-state index contributed by atoms with van der Waals surface area (Å²) in [5.41, 5.74) is 1.14. The Morgan fingerprint density at radius 1 is 1.22 bits per heavy atom. The van der Waals surface area contributed by atoms with Gasteiger partial charge in [0.2, 0.25) is 0 Å². The first-order valence-corrected chi connectivity index (χ1v) is 8.75.